The number of hydrogen-bond donors (Lipinski definition) is 0. The zero-order valence-corrected chi connectivity index (χ0v) is 4.08. The molecule has 0 spiro atoms. The second kappa shape index (κ2) is 34.2. The van der Waals surface area contributed by atoms with E-state index in [0.717, 1.165) is 0 Å². The molecule has 0 aliphatic heterocycles. The van der Waals surface area contributed by atoms with Crippen LogP contribution in [-0.2, 0) is 0 Å². The van der Waals surface area contributed by atoms with Gasteiger partial charge in [0.2, 0.25) is 0 Å². The Labute approximate surface area is 51.7 Å². The molecule has 0 amide bonds. The van der Waals surface area contributed by atoms with Gasteiger partial charge in [0.1, 0.15) is 0 Å². The van der Waals surface area contributed by atoms with Crippen molar-refractivity contribution in [1.82, 2.24) is 0 Å². The van der Waals surface area contributed by atoms with Crippen LogP contribution in [0.15, 0.2) is 0 Å². The molecule has 0 nitrogen and oxygen atoms in total. The first-order valence-electron chi connectivity index (χ1n) is 0. The van der Waals surface area contributed by atoms with Crippen molar-refractivity contribution in [3.8, 4) is 0 Å². The van der Waals surface area contributed by atoms with E-state index in [-0.39, 0.29) is 51.9 Å². The van der Waals surface area contributed by atoms with Gasteiger partial charge in [-0.15, -0.1) is 0 Å². The Kier molecular flexibility index (Phi) is 642. The van der Waals surface area contributed by atoms with Crippen molar-refractivity contribution in [3.05, 3.63) is 0 Å². The van der Waals surface area contributed by atoms with E-state index in [2.05, 4.69) is 0 Å². The Morgan fingerprint density at radius 2 is 0.750 bits per heavy atom. The molecule has 24 valence electrons. The summed E-state index contributed by atoms with van der Waals surface area (Å²) in [5.74, 6) is 0. The van der Waals surface area contributed by atoms with Crippen LogP contribution in [-0.4, -0.2) is 37.7 Å². The zero-order valence-electron chi connectivity index (χ0n) is 1.87. The van der Waals surface area contributed by atoms with Crippen molar-refractivity contribution < 1.29 is 14.1 Å². The zero-order chi connectivity index (χ0) is 0. The molecule has 0 saturated heterocycles. The second-order valence-electron chi connectivity index (χ2n) is 0. The summed E-state index contributed by atoms with van der Waals surface area (Å²) in [6.45, 7) is 0. The predicted octanol–water partition coefficient (Wildman–Crippen LogP) is -6.22. The van der Waals surface area contributed by atoms with Gasteiger partial charge < -0.3 is 9.41 Å². The van der Waals surface area contributed by atoms with Gasteiger partial charge in [0.15, 0.2) is 0 Å². The van der Waals surface area contributed by atoms with E-state index in [1.165, 1.54) is 0 Å². The van der Waals surface area contributed by atoms with E-state index >= 15 is 0 Å². The van der Waals surface area contributed by atoms with Crippen LogP contribution in [0.3, 0.4) is 0 Å². The fourth-order valence-electron chi connectivity index (χ4n) is 0. The maximum atomic E-state index is 0. The maximum absolute atomic E-state index is 0. The van der Waals surface area contributed by atoms with Gasteiger partial charge in [-0.2, -0.15) is 0 Å². The van der Waals surface area contributed by atoms with Crippen LogP contribution in [0.5, 0.6) is 0 Å². The van der Waals surface area contributed by atoms with E-state index in [0.29, 0.717) is 0 Å². The standard InChI is InChI=1S/Ca.3FH/h;3*1H/q+2;;;/p-2. The smallest absolute Gasteiger partial charge is 1.00 e. The quantitative estimate of drug-likeness (QED) is 0.264. The molecule has 0 unspecified atom stereocenters. The van der Waals surface area contributed by atoms with E-state index < -0.39 is 0 Å². The fraction of sp³-hybridized carbons (Fsp3) is 0. The molecule has 0 atom stereocenters. The van der Waals surface area contributed by atoms with Gasteiger partial charge in [-0.05, 0) is 0 Å². The Balaban J connectivity index is 0. The average molecular weight is 98.1 g/mol. The summed E-state index contributed by atoms with van der Waals surface area (Å²) < 4.78 is 0. The molecule has 0 saturated carbocycles. The molecule has 0 aliphatic carbocycles. The summed E-state index contributed by atoms with van der Waals surface area (Å²) in [6, 6.07) is 0. The molecular weight excluding hydrogens is 97.1 g/mol. The maximum Gasteiger partial charge on any atom is 2.00 e. The van der Waals surface area contributed by atoms with Gasteiger partial charge >= 0.3 is 37.7 Å². The summed E-state index contributed by atoms with van der Waals surface area (Å²) in [6.07, 6.45) is 0. The summed E-state index contributed by atoms with van der Waals surface area (Å²) in [5, 5.41) is 0. The minimum Gasteiger partial charge on any atom is -1.00 e. The van der Waals surface area contributed by atoms with Crippen LogP contribution in [0.4, 0.5) is 4.70 Å². The minimum atomic E-state index is 0. The first-order chi connectivity index (χ1) is 0. The molecule has 0 fully saturated rings. The predicted molar refractivity (Wildman–Crippen MR) is 8.26 cm³/mol. The average Bonchev–Trinajstić information content (AvgIpc) is 0. The third-order valence-electron chi connectivity index (χ3n) is 0. The Morgan fingerprint density at radius 1 is 0.750 bits per heavy atom. The van der Waals surface area contributed by atoms with E-state index in [9.17, 15) is 0 Å². The third-order valence-corrected chi connectivity index (χ3v) is 0. The van der Waals surface area contributed by atoms with E-state index in [1.54, 1.807) is 0 Å². The summed E-state index contributed by atoms with van der Waals surface area (Å²) >= 11 is 0. The van der Waals surface area contributed by atoms with Gasteiger partial charge in [0, 0.05) is 0 Å². The van der Waals surface area contributed by atoms with Crippen molar-refractivity contribution in [1.29, 1.82) is 0 Å². The largest absolute Gasteiger partial charge is 2.00 e. The summed E-state index contributed by atoms with van der Waals surface area (Å²) in [7, 11) is 0. The van der Waals surface area contributed by atoms with Gasteiger partial charge in [0.25, 0.3) is 0 Å². The molecule has 0 bridgehead atoms. The number of halogens is 3. The minimum absolute atomic E-state index is 0. The van der Waals surface area contributed by atoms with Gasteiger partial charge in [0.05, 0.1) is 0 Å². The Bertz CT molecular complexity index is 3.25. The van der Waals surface area contributed by atoms with Crippen LogP contribution in [0.2, 0.25) is 0 Å². The number of rotatable bonds is 0. The van der Waals surface area contributed by atoms with Crippen LogP contribution in [0.25, 0.3) is 0 Å². The molecule has 0 aromatic carbocycles. The van der Waals surface area contributed by atoms with Crippen molar-refractivity contribution in [3.63, 3.8) is 0 Å². The summed E-state index contributed by atoms with van der Waals surface area (Å²) in [5.41, 5.74) is 0. The van der Waals surface area contributed by atoms with Crippen molar-refractivity contribution >= 4 is 37.7 Å². The van der Waals surface area contributed by atoms with Crippen molar-refractivity contribution in [2.24, 2.45) is 0 Å². The molecular formula is HCaF3. The van der Waals surface area contributed by atoms with Crippen LogP contribution >= 0.6 is 0 Å². The molecule has 0 aromatic rings. The Morgan fingerprint density at radius 3 is 0.750 bits per heavy atom. The first kappa shape index (κ1) is 75.2. The van der Waals surface area contributed by atoms with Gasteiger partial charge in [-0.25, -0.2) is 0 Å². The normalized spacial score (nSPS) is 0. The Hall–Kier alpha value is 1.05. The third kappa shape index (κ3) is 11.6. The molecule has 0 rings (SSSR count). The number of hydrogen-bond acceptors (Lipinski definition) is 0. The van der Waals surface area contributed by atoms with E-state index in [4.69, 9.17) is 0 Å². The SMILES string of the molecule is F.[Ca+2].[F-].[F-]. The van der Waals surface area contributed by atoms with Crippen molar-refractivity contribution in [2.75, 3.05) is 0 Å². The first-order valence-corrected chi connectivity index (χ1v) is 0. The molecule has 4 heteroatoms. The fourth-order valence-corrected chi connectivity index (χ4v) is 0. The topological polar surface area (TPSA) is 0 Å². The van der Waals surface area contributed by atoms with Crippen LogP contribution < -0.4 is 9.41 Å². The monoisotopic (exact) mass is 98.0 g/mol. The van der Waals surface area contributed by atoms with Crippen molar-refractivity contribution in [2.45, 2.75) is 0 Å². The molecule has 0 N–H and O–H groups in total. The van der Waals surface area contributed by atoms with Crippen LogP contribution in [0, 0.1) is 0 Å². The second-order valence-corrected chi connectivity index (χ2v) is 0. The van der Waals surface area contributed by atoms with Crippen LogP contribution in [0.1, 0.15) is 0 Å². The molecule has 4 heavy (non-hydrogen) atoms. The molecule has 0 aliphatic rings. The van der Waals surface area contributed by atoms with E-state index in [1.807, 2.05) is 0 Å². The molecule has 0 heterocycles. The van der Waals surface area contributed by atoms with Gasteiger partial charge in [-0.3, -0.25) is 4.70 Å². The summed E-state index contributed by atoms with van der Waals surface area (Å²) in [4.78, 5) is 0. The molecule has 0 radical (unpaired) electrons. The molecule has 0 aromatic heterocycles. The van der Waals surface area contributed by atoms with Gasteiger partial charge in [-0.1, -0.05) is 0 Å².